The summed E-state index contributed by atoms with van der Waals surface area (Å²) in [6.07, 6.45) is 0. The van der Waals surface area contributed by atoms with Crippen LogP contribution in [-0.4, -0.2) is 58.3 Å². The third-order valence-electron chi connectivity index (χ3n) is 7.03. The second kappa shape index (κ2) is 11.1. The number of benzene rings is 3. The molecule has 3 aromatic carbocycles. The zero-order chi connectivity index (χ0) is 27.6. The molecule has 39 heavy (non-hydrogen) atoms. The molecule has 2 amide bonds. The van der Waals surface area contributed by atoms with Crippen molar-refractivity contribution in [2.24, 2.45) is 5.73 Å². The van der Waals surface area contributed by atoms with Gasteiger partial charge in [0.05, 0.1) is 0 Å². The number of fused-ring (bicyclic) bond motifs is 1. The molecular formula is C30H34N6O2S. The van der Waals surface area contributed by atoms with Crippen LogP contribution in [0.4, 0.5) is 15.8 Å². The third-order valence-corrected chi connectivity index (χ3v) is 7.92. The summed E-state index contributed by atoms with van der Waals surface area (Å²) in [5.41, 5.74) is 8.29. The predicted octanol–water partition coefficient (Wildman–Crippen LogP) is 5.31. The standard InChI is InChI=1S/C30H34N6O2S/c1-30(2,3)36-16-14-35(15-17-36)19-20-8-10-22(11-9-20)27(38)34-28-25(26(31)37)33-29(39-28)32-24-13-12-21-6-4-5-7-23(21)18-24/h4-13,18H,14-17,19H2,1-3H3,(H2,31,37)(H,32,33)(H,34,38). The molecule has 0 unspecified atom stereocenters. The number of amides is 2. The molecule has 2 heterocycles. The number of nitrogens with zero attached hydrogens (tertiary/aromatic N) is 3. The lowest BCUT2D eigenvalue weighted by molar-refractivity contribution is 0.0591. The van der Waals surface area contributed by atoms with Crippen LogP contribution in [0.15, 0.2) is 66.7 Å². The first-order valence-corrected chi connectivity index (χ1v) is 13.9. The molecule has 0 spiro atoms. The molecule has 8 nitrogen and oxygen atoms in total. The van der Waals surface area contributed by atoms with Crippen molar-refractivity contribution >= 4 is 49.7 Å². The average molecular weight is 543 g/mol. The molecule has 1 aromatic heterocycles. The van der Waals surface area contributed by atoms with Crippen molar-refractivity contribution in [1.82, 2.24) is 14.8 Å². The molecule has 1 fully saturated rings. The Morgan fingerprint density at radius 2 is 1.64 bits per heavy atom. The van der Waals surface area contributed by atoms with Crippen LogP contribution in [0, 0.1) is 0 Å². The van der Waals surface area contributed by atoms with Crippen LogP contribution < -0.4 is 16.4 Å². The molecule has 0 saturated carbocycles. The molecule has 1 aliphatic rings. The minimum Gasteiger partial charge on any atom is -0.364 e. The second-order valence-electron chi connectivity index (χ2n) is 10.8. The summed E-state index contributed by atoms with van der Waals surface area (Å²) in [5, 5.41) is 9.04. The Bertz CT molecular complexity index is 1480. The summed E-state index contributed by atoms with van der Waals surface area (Å²) in [4.78, 5) is 34.4. The van der Waals surface area contributed by atoms with Gasteiger partial charge in [0.1, 0.15) is 5.00 Å². The van der Waals surface area contributed by atoms with Crippen LogP contribution in [-0.2, 0) is 6.54 Å². The lowest BCUT2D eigenvalue weighted by atomic mass is 10.0. The van der Waals surface area contributed by atoms with Crippen molar-refractivity contribution in [1.29, 1.82) is 0 Å². The highest BCUT2D eigenvalue weighted by molar-refractivity contribution is 7.20. The molecule has 1 saturated heterocycles. The van der Waals surface area contributed by atoms with Gasteiger partial charge in [-0.1, -0.05) is 53.8 Å². The molecule has 0 atom stereocenters. The Balaban J connectivity index is 1.23. The highest BCUT2D eigenvalue weighted by Gasteiger charge is 2.26. The number of primary amides is 1. The van der Waals surface area contributed by atoms with Crippen LogP contribution in [0.3, 0.4) is 0 Å². The van der Waals surface area contributed by atoms with Crippen molar-refractivity contribution in [3.05, 3.63) is 83.6 Å². The summed E-state index contributed by atoms with van der Waals surface area (Å²) in [6.45, 7) is 11.8. The number of hydrogen-bond acceptors (Lipinski definition) is 7. The lowest BCUT2D eigenvalue weighted by Crippen LogP contribution is -2.53. The van der Waals surface area contributed by atoms with Crippen molar-refractivity contribution in [3.63, 3.8) is 0 Å². The molecule has 9 heteroatoms. The van der Waals surface area contributed by atoms with Gasteiger partial charge in [-0.25, -0.2) is 4.98 Å². The van der Waals surface area contributed by atoms with Gasteiger partial charge in [0.15, 0.2) is 10.8 Å². The first-order valence-electron chi connectivity index (χ1n) is 13.1. The predicted molar refractivity (Wildman–Crippen MR) is 159 cm³/mol. The maximum Gasteiger partial charge on any atom is 0.270 e. The van der Waals surface area contributed by atoms with Gasteiger partial charge in [-0.3, -0.25) is 19.4 Å². The van der Waals surface area contributed by atoms with E-state index < -0.39 is 5.91 Å². The van der Waals surface area contributed by atoms with E-state index in [1.165, 1.54) is 11.3 Å². The monoisotopic (exact) mass is 542 g/mol. The van der Waals surface area contributed by atoms with E-state index >= 15 is 0 Å². The molecule has 4 N–H and O–H groups in total. The maximum absolute atomic E-state index is 13.0. The highest BCUT2D eigenvalue weighted by Crippen LogP contribution is 2.32. The summed E-state index contributed by atoms with van der Waals surface area (Å²) in [6, 6.07) is 21.6. The van der Waals surface area contributed by atoms with Crippen molar-refractivity contribution in [2.75, 3.05) is 36.8 Å². The fourth-order valence-corrected chi connectivity index (χ4v) is 5.67. The lowest BCUT2D eigenvalue weighted by Gasteiger charge is -2.42. The topological polar surface area (TPSA) is 104 Å². The quantitative estimate of drug-likeness (QED) is 0.293. The summed E-state index contributed by atoms with van der Waals surface area (Å²) in [7, 11) is 0. The van der Waals surface area contributed by atoms with Crippen LogP contribution in [0.25, 0.3) is 10.8 Å². The Kier molecular flexibility index (Phi) is 7.65. The fraction of sp³-hybridized carbons (Fsp3) is 0.300. The number of nitrogens with one attached hydrogen (secondary N) is 2. The number of hydrogen-bond donors (Lipinski definition) is 3. The average Bonchev–Trinajstić information content (AvgIpc) is 3.31. The number of anilines is 3. The molecule has 0 radical (unpaired) electrons. The van der Waals surface area contributed by atoms with E-state index in [4.69, 9.17) is 5.73 Å². The third kappa shape index (κ3) is 6.44. The second-order valence-corrected chi connectivity index (χ2v) is 11.8. The van der Waals surface area contributed by atoms with Crippen molar-refractivity contribution in [3.8, 4) is 0 Å². The molecular weight excluding hydrogens is 508 g/mol. The molecule has 4 aromatic rings. The smallest absolute Gasteiger partial charge is 0.270 e. The molecule has 202 valence electrons. The van der Waals surface area contributed by atoms with E-state index in [2.05, 4.69) is 46.2 Å². The van der Waals surface area contributed by atoms with Crippen LogP contribution in [0.5, 0.6) is 0 Å². The van der Waals surface area contributed by atoms with Gasteiger partial charge < -0.3 is 16.4 Å². The molecule has 5 rings (SSSR count). The van der Waals surface area contributed by atoms with Gasteiger partial charge in [-0.15, -0.1) is 0 Å². The van der Waals surface area contributed by atoms with Gasteiger partial charge in [-0.05, 0) is 61.4 Å². The minimum absolute atomic E-state index is 0.0302. The van der Waals surface area contributed by atoms with Gasteiger partial charge in [0.25, 0.3) is 11.8 Å². The van der Waals surface area contributed by atoms with E-state index in [9.17, 15) is 9.59 Å². The maximum atomic E-state index is 13.0. The Labute approximate surface area is 232 Å². The Morgan fingerprint density at radius 3 is 2.31 bits per heavy atom. The van der Waals surface area contributed by atoms with Crippen LogP contribution in [0.2, 0.25) is 0 Å². The van der Waals surface area contributed by atoms with Gasteiger partial charge in [0.2, 0.25) is 0 Å². The fourth-order valence-electron chi connectivity index (χ4n) is 4.79. The molecule has 0 aliphatic carbocycles. The molecule has 1 aliphatic heterocycles. The number of thiazole rings is 1. The van der Waals surface area contributed by atoms with E-state index in [-0.39, 0.29) is 17.1 Å². The Morgan fingerprint density at radius 1 is 0.949 bits per heavy atom. The number of nitrogens with two attached hydrogens (primary N) is 1. The number of piperazine rings is 1. The SMILES string of the molecule is CC(C)(C)N1CCN(Cc2ccc(C(=O)Nc3sc(Nc4ccc5ccccc5c4)nc3C(N)=O)cc2)CC1. The van der Waals surface area contributed by atoms with Crippen molar-refractivity contribution in [2.45, 2.75) is 32.9 Å². The number of aromatic nitrogens is 1. The largest absolute Gasteiger partial charge is 0.364 e. The van der Waals surface area contributed by atoms with Gasteiger partial charge in [0, 0.05) is 49.5 Å². The normalized spacial score (nSPS) is 14.8. The van der Waals surface area contributed by atoms with E-state index in [1.807, 2.05) is 66.7 Å². The minimum atomic E-state index is -0.699. The van der Waals surface area contributed by atoms with E-state index in [0.717, 1.165) is 54.7 Å². The Hall–Kier alpha value is -3.79. The van der Waals surface area contributed by atoms with E-state index in [1.54, 1.807) is 0 Å². The van der Waals surface area contributed by atoms with Crippen LogP contribution >= 0.6 is 11.3 Å². The zero-order valence-corrected chi connectivity index (χ0v) is 23.3. The number of carbonyl (C=O) groups excluding carboxylic acids is 2. The van der Waals surface area contributed by atoms with Crippen molar-refractivity contribution < 1.29 is 9.59 Å². The van der Waals surface area contributed by atoms with E-state index in [0.29, 0.717) is 15.7 Å². The zero-order valence-electron chi connectivity index (χ0n) is 22.5. The highest BCUT2D eigenvalue weighted by atomic mass is 32.1. The number of rotatable bonds is 7. The van der Waals surface area contributed by atoms with Crippen LogP contribution in [0.1, 0.15) is 47.2 Å². The molecule has 0 bridgehead atoms. The summed E-state index contributed by atoms with van der Waals surface area (Å²) < 4.78 is 0. The number of carbonyl (C=O) groups is 2. The first-order chi connectivity index (χ1) is 18.7. The summed E-state index contributed by atoms with van der Waals surface area (Å²) in [5.74, 6) is -1.02. The van der Waals surface area contributed by atoms with Gasteiger partial charge >= 0.3 is 0 Å². The van der Waals surface area contributed by atoms with Gasteiger partial charge in [-0.2, -0.15) is 0 Å². The first kappa shape index (κ1) is 26.8. The summed E-state index contributed by atoms with van der Waals surface area (Å²) >= 11 is 1.17.